The fourth-order valence-electron chi connectivity index (χ4n) is 6.89. The molecule has 3 fully saturated rings. The molecule has 184 valence electrons. The molecule has 6 rings (SSSR count). The third-order valence-electron chi connectivity index (χ3n) is 8.63. The number of fused-ring (bicyclic) bond motifs is 3. The highest BCUT2D eigenvalue weighted by Gasteiger charge is 2.42. The maximum absolute atomic E-state index is 12.9. The third kappa shape index (κ3) is 4.38. The maximum Gasteiger partial charge on any atom is 0.226 e. The van der Waals surface area contributed by atoms with Crippen molar-refractivity contribution >= 4 is 16.9 Å². The lowest BCUT2D eigenvalue weighted by Crippen LogP contribution is -2.52. The molecule has 6 nitrogen and oxygen atoms in total. The van der Waals surface area contributed by atoms with Crippen LogP contribution in [-0.4, -0.2) is 64.0 Å². The second-order valence-corrected chi connectivity index (χ2v) is 10.9. The first-order valence-electron chi connectivity index (χ1n) is 13.3. The number of aryl methyl sites for hydroxylation is 1. The van der Waals surface area contributed by atoms with Gasteiger partial charge in [-0.05, 0) is 63.8 Å². The van der Waals surface area contributed by atoms with Crippen LogP contribution >= 0.6 is 0 Å². The standard InChI is InChI=1S/C29H37N5O/c1-20-30-27-10-6-7-11-28(27)34(20)25-16-23-12-13-24(17-25)33(23)15-14-26(21-8-4-3-5-9-21)31-29(35)22-18-32(2)19-22/h3-11,22-26H,12-19H2,1-2H3,(H,31,35)/t23-,24+,25?,26-/m0/s1. The Kier molecular flexibility index (Phi) is 6.11. The minimum Gasteiger partial charge on any atom is -0.349 e. The number of amides is 1. The Morgan fingerprint density at radius 2 is 1.69 bits per heavy atom. The predicted octanol–water partition coefficient (Wildman–Crippen LogP) is 4.32. The van der Waals surface area contributed by atoms with Crippen molar-refractivity contribution < 1.29 is 4.79 Å². The third-order valence-corrected chi connectivity index (χ3v) is 8.63. The lowest BCUT2D eigenvalue weighted by Gasteiger charge is -2.41. The average molecular weight is 472 g/mol. The van der Waals surface area contributed by atoms with E-state index in [0.717, 1.165) is 37.4 Å². The highest BCUT2D eigenvalue weighted by Crippen LogP contribution is 2.42. The number of rotatable bonds is 7. The van der Waals surface area contributed by atoms with Crippen LogP contribution in [0.5, 0.6) is 0 Å². The Labute approximate surface area is 208 Å². The van der Waals surface area contributed by atoms with Crippen LogP contribution < -0.4 is 5.32 Å². The molecule has 3 aliphatic heterocycles. The van der Waals surface area contributed by atoms with E-state index in [2.05, 4.69) is 88.3 Å². The van der Waals surface area contributed by atoms with E-state index in [9.17, 15) is 4.79 Å². The highest BCUT2D eigenvalue weighted by molar-refractivity contribution is 5.80. The molecular weight excluding hydrogens is 434 g/mol. The van der Waals surface area contributed by atoms with Gasteiger partial charge in [0.1, 0.15) is 5.82 Å². The van der Waals surface area contributed by atoms with E-state index in [1.54, 1.807) is 0 Å². The average Bonchev–Trinajstić information content (AvgIpc) is 3.30. The number of piperidine rings is 1. The second kappa shape index (κ2) is 9.40. The van der Waals surface area contributed by atoms with Crippen molar-refractivity contribution in [2.24, 2.45) is 5.92 Å². The Balaban J connectivity index is 1.14. The van der Waals surface area contributed by atoms with Gasteiger partial charge in [-0.25, -0.2) is 4.98 Å². The number of carbonyl (C=O) groups is 1. The van der Waals surface area contributed by atoms with Crippen LogP contribution in [0.4, 0.5) is 0 Å². The molecule has 0 aliphatic carbocycles. The van der Waals surface area contributed by atoms with Crippen LogP contribution in [0.15, 0.2) is 54.6 Å². The van der Waals surface area contributed by atoms with Gasteiger partial charge in [-0.2, -0.15) is 0 Å². The van der Waals surface area contributed by atoms with Crippen molar-refractivity contribution in [3.8, 4) is 0 Å². The monoisotopic (exact) mass is 471 g/mol. The molecule has 2 bridgehead atoms. The summed E-state index contributed by atoms with van der Waals surface area (Å²) in [5.41, 5.74) is 3.60. The molecule has 3 saturated heterocycles. The van der Waals surface area contributed by atoms with E-state index >= 15 is 0 Å². The van der Waals surface area contributed by atoms with Gasteiger partial charge in [0.05, 0.1) is 23.0 Å². The normalized spacial score (nSPS) is 26.1. The summed E-state index contributed by atoms with van der Waals surface area (Å²) in [5, 5.41) is 3.40. The molecule has 4 atom stereocenters. The zero-order chi connectivity index (χ0) is 23.9. The number of hydrogen-bond donors (Lipinski definition) is 1. The molecule has 1 unspecified atom stereocenters. The molecule has 1 N–H and O–H groups in total. The lowest BCUT2D eigenvalue weighted by atomic mass is 9.94. The van der Waals surface area contributed by atoms with Crippen molar-refractivity contribution in [3.05, 3.63) is 66.0 Å². The molecule has 3 aromatic rings. The lowest BCUT2D eigenvalue weighted by molar-refractivity contribution is -0.130. The number of benzene rings is 2. The number of likely N-dealkylation sites (tertiary alicyclic amines) is 1. The Hall–Kier alpha value is -2.70. The van der Waals surface area contributed by atoms with Crippen molar-refractivity contribution in [2.45, 2.75) is 63.2 Å². The quantitative estimate of drug-likeness (QED) is 0.558. The summed E-state index contributed by atoms with van der Waals surface area (Å²) in [5.74, 6) is 1.48. The summed E-state index contributed by atoms with van der Waals surface area (Å²) >= 11 is 0. The molecular formula is C29H37N5O. The number of carbonyl (C=O) groups excluding carboxylic acids is 1. The number of hydrogen-bond acceptors (Lipinski definition) is 4. The summed E-state index contributed by atoms with van der Waals surface area (Å²) in [6.07, 6.45) is 5.90. The van der Waals surface area contributed by atoms with Crippen LogP contribution in [0, 0.1) is 12.8 Å². The Morgan fingerprint density at radius 3 is 2.40 bits per heavy atom. The van der Waals surface area contributed by atoms with Crippen LogP contribution in [0.3, 0.4) is 0 Å². The summed E-state index contributed by atoms with van der Waals surface area (Å²) in [6.45, 7) is 4.93. The van der Waals surface area contributed by atoms with Gasteiger partial charge in [0.15, 0.2) is 0 Å². The van der Waals surface area contributed by atoms with E-state index in [1.165, 1.54) is 36.8 Å². The van der Waals surface area contributed by atoms with Gasteiger partial charge in [0.25, 0.3) is 0 Å². The molecule has 35 heavy (non-hydrogen) atoms. The first-order chi connectivity index (χ1) is 17.1. The topological polar surface area (TPSA) is 53.4 Å². The van der Waals surface area contributed by atoms with E-state index in [0.29, 0.717) is 18.1 Å². The molecule has 2 aromatic carbocycles. The minimum absolute atomic E-state index is 0.0755. The van der Waals surface area contributed by atoms with Gasteiger partial charge in [0, 0.05) is 37.8 Å². The van der Waals surface area contributed by atoms with Gasteiger partial charge in [-0.3, -0.25) is 9.69 Å². The smallest absolute Gasteiger partial charge is 0.226 e. The first-order valence-corrected chi connectivity index (χ1v) is 13.3. The maximum atomic E-state index is 12.9. The molecule has 0 spiro atoms. The molecule has 1 amide bonds. The molecule has 4 heterocycles. The fourth-order valence-corrected chi connectivity index (χ4v) is 6.89. The van der Waals surface area contributed by atoms with Crippen LogP contribution in [0.2, 0.25) is 0 Å². The van der Waals surface area contributed by atoms with Gasteiger partial charge in [-0.1, -0.05) is 42.5 Å². The van der Waals surface area contributed by atoms with Gasteiger partial charge in [0.2, 0.25) is 5.91 Å². The van der Waals surface area contributed by atoms with Crippen LogP contribution in [0.1, 0.15) is 55.6 Å². The number of nitrogens with zero attached hydrogens (tertiary/aromatic N) is 4. The largest absolute Gasteiger partial charge is 0.349 e. The number of imidazole rings is 1. The zero-order valence-electron chi connectivity index (χ0n) is 20.9. The van der Waals surface area contributed by atoms with E-state index < -0.39 is 0 Å². The predicted molar refractivity (Wildman–Crippen MR) is 139 cm³/mol. The van der Waals surface area contributed by atoms with E-state index in [-0.39, 0.29) is 17.9 Å². The molecule has 0 radical (unpaired) electrons. The molecule has 1 aromatic heterocycles. The van der Waals surface area contributed by atoms with Crippen LogP contribution in [0.25, 0.3) is 11.0 Å². The van der Waals surface area contributed by atoms with Crippen molar-refractivity contribution in [2.75, 3.05) is 26.7 Å². The number of para-hydroxylation sites is 2. The van der Waals surface area contributed by atoms with Crippen molar-refractivity contribution in [1.29, 1.82) is 0 Å². The first kappa shape index (κ1) is 22.7. The summed E-state index contributed by atoms with van der Waals surface area (Å²) in [6, 6.07) is 20.9. The summed E-state index contributed by atoms with van der Waals surface area (Å²) in [7, 11) is 2.08. The second-order valence-electron chi connectivity index (χ2n) is 10.9. The van der Waals surface area contributed by atoms with Gasteiger partial charge >= 0.3 is 0 Å². The SMILES string of the molecule is Cc1nc2ccccc2n1C1C[C@H]2CC[C@@H](C1)N2CC[C@H](NC(=O)C1CN(C)C1)c1ccccc1. The summed E-state index contributed by atoms with van der Waals surface area (Å²) < 4.78 is 2.50. The van der Waals surface area contributed by atoms with Crippen molar-refractivity contribution in [3.63, 3.8) is 0 Å². The molecule has 6 heteroatoms. The molecule has 0 saturated carbocycles. The fraction of sp³-hybridized carbons (Fsp3) is 0.517. The Morgan fingerprint density at radius 1 is 1.00 bits per heavy atom. The molecule has 3 aliphatic rings. The number of nitrogens with one attached hydrogen (secondary N) is 1. The zero-order valence-corrected chi connectivity index (χ0v) is 20.9. The minimum atomic E-state index is 0.0755. The van der Waals surface area contributed by atoms with Gasteiger partial charge < -0.3 is 14.8 Å². The van der Waals surface area contributed by atoms with Crippen molar-refractivity contribution in [1.82, 2.24) is 24.7 Å². The van der Waals surface area contributed by atoms with E-state index in [4.69, 9.17) is 4.98 Å². The van der Waals surface area contributed by atoms with Crippen LogP contribution in [-0.2, 0) is 4.79 Å². The Bertz CT molecular complexity index is 1170. The summed E-state index contributed by atoms with van der Waals surface area (Å²) in [4.78, 5) is 22.7. The van der Waals surface area contributed by atoms with E-state index in [1.807, 2.05) is 0 Å². The highest BCUT2D eigenvalue weighted by atomic mass is 16.2. The number of aromatic nitrogens is 2. The van der Waals surface area contributed by atoms with Gasteiger partial charge in [-0.15, -0.1) is 0 Å².